The summed E-state index contributed by atoms with van der Waals surface area (Å²) in [5.41, 5.74) is 10.9. The molecule has 1 amide bonds. The van der Waals surface area contributed by atoms with E-state index in [-0.39, 0.29) is 17.7 Å². The highest BCUT2D eigenvalue weighted by Crippen LogP contribution is 2.23. The van der Waals surface area contributed by atoms with Crippen molar-refractivity contribution in [1.82, 2.24) is 10.2 Å². The Balaban J connectivity index is 2.60. The second kappa shape index (κ2) is 5.86. The molecule has 1 heterocycles. The van der Waals surface area contributed by atoms with Crippen LogP contribution in [0.3, 0.4) is 0 Å². The average Bonchev–Trinajstić information content (AvgIpc) is 2.72. The summed E-state index contributed by atoms with van der Waals surface area (Å²) in [5.74, 6) is 0.381. The SMILES string of the molecule is CC[C@@H](C)[C@@H](N)c1nnc(SCC(N)=O)o1. The minimum absolute atomic E-state index is 0.125. The van der Waals surface area contributed by atoms with E-state index < -0.39 is 5.91 Å². The fourth-order valence-electron chi connectivity index (χ4n) is 1.04. The summed E-state index contributed by atoms with van der Waals surface area (Å²) in [6.45, 7) is 4.06. The van der Waals surface area contributed by atoms with Crippen molar-refractivity contribution < 1.29 is 9.21 Å². The van der Waals surface area contributed by atoms with Gasteiger partial charge < -0.3 is 15.9 Å². The molecule has 90 valence electrons. The van der Waals surface area contributed by atoms with Gasteiger partial charge in [0.15, 0.2) is 0 Å². The normalized spacial score (nSPS) is 14.7. The zero-order chi connectivity index (χ0) is 12.1. The quantitative estimate of drug-likeness (QED) is 0.713. The molecule has 2 atom stereocenters. The Morgan fingerprint density at radius 1 is 1.56 bits per heavy atom. The monoisotopic (exact) mass is 244 g/mol. The Labute approximate surface area is 98.2 Å². The molecule has 0 saturated heterocycles. The Morgan fingerprint density at radius 3 is 2.81 bits per heavy atom. The molecule has 0 bridgehead atoms. The average molecular weight is 244 g/mol. The molecule has 0 spiro atoms. The number of primary amides is 1. The number of carbonyl (C=O) groups excluding carboxylic acids is 1. The number of amides is 1. The van der Waals surface area contributed by atoms with Gasteiger partial charge in [-0.15, -0.1) is 10.2 Å². The summed E-state index contributed by atoms with van der Waals surface area (Å²) >= 11 is 1.12. The smallest absolute Gasteiger partial charge is 0.277 e. The first kappa shape index (κ1) is 13.0. The number of thioether (sulfide) groups is 1. The first-order valence-corrected chi connectivity index (χ1v) is 6.03. The van der Waals surface area contributed by atoms with Gasteiger partial charge in [-0.1, -0.05) is 32.0 Å². The molecular weight excluding hydrogens is 228 g/mol. The standard InChI is InChI=1S/C9H16N4O2S/c1-3-5(2)7(11)8-12-13-9(15-8)16-4-6(10)14/h5,7H,3-4,11H2,1-2H3,(H2,10,14)/t5-,7-/m1/s1. The lowest BCUT2D eigenvalue weighted by atomic mass is 10.0. The van der Waals surface area contributed by atoms with Crippen molar-refractivity contribution in [3.63, 3.8) is 0 Å². The van der Waals surface area contributed by atoms with Gasteiger partial charge >= 0.3 is 0 Å². The first-order chi connectivity index (χ1) is 7.54. The second-order valence-corrected chi connectivity index (χ2v) is 4.50. The molecule has 6 nitrogen and oxygen atoms in total. The highest BCUT2D eigenvalue weighted by molar-refractivity contribution is 7.99. The van der Waals surface area contributed by atoms with Crippen LogP contribution in [-0.4, -0.2) is 21.9 Å². The fraction of sp³-hybridized carbons (Fsp3) is 0.667. The van der Waals surface area contributed by atoms with Crippen LogP contribution < -0.4 is 11.5 Å². The van der Waals surface area contributed by atoms with Gasteiger partial charge in [-0.05, 0) is 5.92 Å². The van der Waals surface area contributed by atoms with Crippen LogP contribution in [0.5, 0.6) is 0 Å². The first-order valence-electron chi connectivity index (χ1n) is 5.04. The van der Waals surface area contributed by atoms with Gasteiger partial charge in [-0.25, -0.2) is 0 Å². The van der Waals surface area contributed by atoms with Crippen LogP contribution in [0.4, 0.5) is 0 Å². The Hall–Kier alpha value is -1.08. The Bertz CT molecular complexity index is 355. The maximum Gasteiger partial charge on any atom is 0.277 e. The van der Waals surface area contributed by atoms with E-state index in [1.165, 1.54) is 0 Å². The van der Waals surface area contributed by atoms with Crippen molar-refractivity contribution in [2.24, 2.45) is 17.4 Å². The molecular formula is C9H16N4O2S. The maximum absolute atomic E-state index is 10.6. The van der Waals surface area contributed by atoms with Crippen molar-refractivity contribution in [2.75, 3.05) is 5.75 Å². The predicted molar refractivity (Wildman–Crippen MR) is 60.6 cm³/mol. The number of hydrogen-bond donors (Lipinski definition) is 2. The molecule has 7 heteroatoms. The highest BCUT2D eigenvalue weighted by Gasteiger charge is 2.19. The molecule has 0 aliphatic carbocycles. The predicted octanol–water partition coefficient (Wildman–Crippen LogP) is 0.693. The van der Waals surface area contributed by atoms with E-state index in [1.54, 1.807) is 0 Å². The number of carbonyl (C=O) groups is 1. The van der Waals surface area contributed by atoms with Crippen molar-refractivity contribution >= 4 is 17.7 Å². The van der Waals surface area contributed by atoms with Crippen molar-refractivity contribution in [2.45, 2.75) is 31.5 Å². The van der Waals surface area contributed by atoms with Gasteiger partial charge in [0.05, 0.1) is 11.8 Å². The zero-order valence-electron chi connectivity index (χ0n) is 9.34. The molecule has 1 aromatic heterocycles. The molecule has 16 heavy (non-hydrogen) atoms. The van der Waals surface area contributed by atoms with Crippen LogP contribution in [0.1, 0.15) is 32.2 Å². The third kappa shape index (κ3) is 3.49. The molecule has 0 radical (unpaired) electrons. The molecule has 4 N–H and O–H groups in total. The van der Waals surface area contributed by atoms with Gasteiger partial charge in [0.25, 0.3) is 5.22 Å². The van der Waals surface area contributed by atoms with Crippen LogP contribution in [-0.2, 0) is 4.79 Å². The summed E-state index contributed by atoms with van der Waals surface area (Å²) in [7, 11) is 0. The number of aromatic nitrogens is 2. The molecule has 0 aliphatic rings. The Morgan fingerprint density at radius 2 is 2.25 bits per heavy atom. The molecule has 1 rings (SSSR count). The summed E-state index contributed by atoms with van der Waals surface area (Å²) in [6, 6.07) is -0.263. The highest BCUT2D eigenvalue weighted by atomic mass is 32.2. The van der Waals surface area contributed by atoms with Crippen LogP contribution >= 0.6 is 11.8 Å². The van der Waals surface area contributed by atoms with Gasteiger partial charge in [-0.3, -0.25) is 4.79 Å². The third-order valence-corrected chi connectivity index (χ3v) is 3.14. The van der Waals surface area contributed by atoms with Crippen molar-refractivity contribution in [3.05, 3.63) is 5.89 Å². The van der Waals surface area contributed by atoms with Crippen molar-refractivity contribution in [1.29, 1.82) is 0 Å². The lowest BCUT2D eigenvalue weighted by Gasteiger charge is -2.13. The molecule has 0 unspecified atom stereocenters. The van der Waals surface area contributed by atoms with E-state index >= 15 is 0 Å². The molecule has 0 aliphatic heterocycles. The number of hydrogen-bond acceptors (Lipinski definition) is 6. The lowest BCUT2D eigenvalue weighted by Crippen LogP contribution is -2.18. The van der Waals surface area contributed by atoms with E-state index in [4.69, 9.17) is 15.9 Å². The fourth-order valence-corrected chi connectivity index (χ4v) is 1.55. The van der Waals surface area contributed by atoms with Crippen LogP contribution in [0.2, 0.25) is 0 Å². The molecule has 0 saturated carbocycles. The van der Waals surface area contributed by atoms with Crippen molar-refractivity contribution in [3.8, 4) is 0 Å². The third-order valence-electron chi connectivity index (χ3n) is 2.30. The Kier molecular flexibility index (Phi) is 4.75. The minimum atomic E-state index is -0.420. The summed E-state index contributed by atoms with van der Waals surface area (Å²) in [5, 5.41) is 7.96. The van der Waals surface area contributed by atoms with Gasteiger partial charge in [0.2, 0.25) is 11.8 Å². The van der Waals surface area contributed by atoms with E-state index in [0.717, 1.165) is 18.2 Å². The van der Waals surface area contributed by atoms with Gasteiger partial charge in [0.1, 0.15) is 0 Å². The lowest BCUT2D eigenvalue weighted by molar-refractivity contribution is -0.115. The molecule has 1 aromatic rings. The van der Waals surface area contributed by atoms with Gasteiger partial charge in [0, 0.05) is 0 Å². The van der Waals surface area contributed by atoms with E-state index in [9.17, 15) is 4.79 Å². The summed E-state index contributed by atoms with van der Waals surface area (Å²) in [4.78, 5) is 10.6. The molecule has 0 aromatic carbocycles. The topological polar surface area (TPSA) is 108 Å². The van der Waals surface area contributed by atoms with E-state index in [1.807, 2.05) is 13.8 Å². The molecule has 0 fully saturated rings. The number of rotatable bonds is 6. The summed E-state index contributed by atoms with van der Waals surface area (Å²) in [6.07, 6.45) is 0.938. The number of nitrogens with zero attached hydrogens (tertiary/aromatic N) is 2. The van der Waals surface area contributed by atoms with Crippen LogP contribution in [0.15, 0.2) is 9.64 Å². The van der Waals surface area contributed by atoms with Crippen LogP contribution in [0, 0.1) is 5.92 Å². The number of nitrogens with two attached hydrogens (primary N) is 2. The van der Waals surface area contributed by atoms with Crippen LogP contribution in [0.25, 0.3) is 0 Å². The zero-order valence-corrected chi connectivity index (χ0v) is 10.2. The van der Waals surface area contributed by atoms with E-state index in [0.29, 0.717) is 11.1 Å². The van der Waals surface area contributed by atoms with E-state index in [2.05, 4.69) is 10.2 Å². The minimum Gasteiger partial charge on any atom is -0.414 e. The maximum atomic E-state index is 10.6. The largest absolute Gasteiger partial charge is 0.414 e. The van der Waals surface area contributed by atoms with Gasteiger partial charge in [-0.2, -0.15) is 0 Å². The second-order valence-electron chi connectivity index (χ2n) is 3.57. The summed E-state index contributed by atoms with van der Waals surface area (Å²) < 4.78 is 5.33.